The number of nitrogens with one attached hydrogen (secondary N) is 1. The summed E-state index contributed by atoms with van der Waals surface area (Å²) < 4.78 is 1.93. The number of hydrogen-bond acceptors (Lipinski definition) is 2. The summed E-state index contributed by atoms with van der Waals surface area (Å²) in [6.07, 6.45) is 8.00. The zero-order valence-electron chi connectivity index (χ0n) is 13.4. The van der Waals surface area contributed by atoms with E-state index in [0.717, 1.165) is 45.0 Å². The van der Waals surface area contributed by atoms with Crippen LogP contribution in [0.1, 0.15) is 25.3 Å². The number of halogens is 1. The summed E-state index contributed by atoms with van der Waals surface area (Å²) in [6.45, 7) is 11.3. The molecule has 1 aromatic heterocycles. The molecule has 0 aliphatic rings. The monoisotopic (exact) mass is 405 g/mol. The number of guanidine groups is 1. The quantitative estimate of drug-likeness (QED) is 0.238. The maximum atomic E-state index is 4.64. The number of aryl methyl sites for hydroxylation is 1. The molecule has 0 aliphatic carbocycles. The first kappa shape index (κ1) is 19.9. The second-order valence-corrected chi connectivity index (χ2v) is 4.87. The van der Waals surface area contributed by atoms with E-state index in [0.29, 0.717) is 0 Å². The SMILES string of the molecule is C=CCCCN(C)C(=NCCn1cc(C)cn1)NCC.I. The molecule has 0 fully saturated rings. The third-order valence-electron chi connectivity index (χ3n) is 2.95. The van der Waals surface area contributed by atoms with E-state index in [1.54, 1.807) is 0 Å². The minimum absolute atomic E-state index is 0. The lowest BCUT2D eigenvalue weighted by Crippen LogP contribution is -2.39. The van der Waals surface area contributed by atoms with E-state index in [4.69, 9.17) is 0 Å². The molecule has 21 heavy (non-hydrogen) atoms. The summed E-state index contributed by atoms with van der Waals surface area (Å²) >= 11 is 0. The smallest absolute Gasteiger partial charge is 0.193 e. The van der Waals surface area contributed by atoms with Crippen molar-refractivity contribution in [2.75, 3.05) is 26.7 Å². The highest BCUT2D eigenvalue weighted by Crippen LogP contribution is 1.96. The van der Waals surface area contributed by atoms with Crippen LogP contribution in [0, 0.1) is 6.92 Å². The molecule has 1 N–H and O–H groups in total. The van der Waals surface area contributed by atoms with Crippen molar-refractivity contribution in [3.63, 3.8) is 0 Å². The van der Waals surface area contributed by atoms with Crippen molar-refractivity contribution in [3.8, 4) is 0 Å². The fourth-order valence-corrected chi connectivity index (χ4v) is 1.90. The van der Waals surface area contributed by atoms with Gasteiger partial charge in [-0.2, -0.15) is 5.10 Å². The van der Waals surface area contributed by atoms with Gasteiger partial charge in [0, 0.05) is 26.3 Å². The van der Waals surface area contributed by atoms with Crippen LogP contribution in [0.15, 0.2) is 30.0 Å². The number of hydrogen-bond donors (Lipinski definition) is 1. The fraction of sp³-hybridized carbons (Fsp3) is 0.600. The van der Waals surface area contributed by atoms with Gasteiger partial charge >= 0.3 is 0 Å². The lowest BCUT2D eigenvalue weighted by molar-refractivity contribution is 0.468. The molecule has 0 saturated heterocycles. The van der Waals surface area contributed by atoms with Gasteiger partial charge in [-0.05, 0) is 32.3 Å². The predicted octanol–water partition coefficient (Wildman–Crippen LogP) is 2.67. The van der Waals surface area contributed by atoms with Crippen LogP contribution in [0.2, 0.25) is 0 Å². The Morgan fingerprint density at radius 2 is 2.33 bits per heavy atom. The van der Waals surface area contributed by atoms with E-state index in [-0.39, 0.29) is 24.0 Å². The van der Waals surface area contributed by atoms with Crippen LogP contribution >= 0.6 is 24.0 Å². The Morgan fingerprint density at radius 1 is 1.57 bits per heavy atom. The van der Waals surface area contributed by atoms with Gasteiger partial charge < -0.3 is 10.2 Å². The second kappa shape index (κ2) is 11.6. The van der Waals surface area contributed by atoms with Crippen LogP contribution in [-0.4, -0.2) is 47.3 Å². The van der Waals surface area contributed by atoms with Gasteiger partial charge in [-0.25, -0.2) is 0 Å². The summed E-state index contributed by atoms with van der Waals surface area (Å²) in [7, 11) is 2.07. The zero-order chi connectivity index (χ0) is 14.8. The van der Waals surface area contributed by atoms with E-state index < -0.39 is 0 Å². The minimum atomic E-state index is 0. The van der Waals surface area contributed by atoms with E-state index in [9.17, 15) is 0 Å². The molecule has 5 nitrogen and oxygen atoms in total. The number of rotatable bonds is 8. The van der Waals surface area contributed by atoms with Gasteiger partial charge in [0.15, 0.2) is 5.96 Å². The van der Waals surface area contributed by atoms with Gasteiger partial charge in [0.1, 0.15) is 0 Å². The molecular formula is C15H28IN5. The molecule has 0 atom stereocenters. The number of aliphatic imine (C=N–C) groups is 1. The van der Waals surface area contributed by atoms with Crippen molar-refractivity contribution in [1.82, 2.24) is 20.0 Å². The molecule has 0 radical (unpaired) electrons. The highest BCUT2D eigenvalue weighted by atomic mass is 127. The lowest BCUT2D eigenvalue weighted by atomic mass is 10.3. The molecule has 0 spiro atoms. The van der Waals surface area contributed by atoms with E-state index in [1.165, 1.54) is 5.56 Å². The molecular weight excluding hydrogens is 377 g/mol. The zero-order valence-corrected chi connectivity index (χ0v) is 15.7. The fourth-order valence-electron chi connectivity index (χ4n) is 1.90. The van der Waals surface area contributed by atoms with Crippen molar-refractivity contribution in [3.05, 3.63) is 30.6 Å². The topological polar surface area (TPSA) is 45.5 Å². The Labute approximate surface area is 145 Å². The number of allylic oxidation sites excluding steroid dienone is 1. The van der Waals surface area contributed by atoms with E-state index >= 15 is 0 Å². The van der Waals surface area contributed by atoms with Crippen molar-refractivity contribution in [2.45, 2.75) is 33.2 Å². The highest BCUT2D eigenvalue weighted by molar-refractivity contribution is 14.0. The van der Waals surface area contributed by atoms with Gasteiger partial charge in [-0.3, -0.25) is 9.67 Å². The van der Waals surface area contributed by atoms with Crippen LogP contribution in [0.25, 0.3) is 0 Å². The van der Waals surface area contributed by atoms with Gasteiger partial charge in [-0.15, -0.1) is 30.6 Å². The maximum absolute atomic E-state index is 4.64. The van der Waals surface area contributed by atoms with Gasteiger partial charge in [-0.1, -0.05) is 6.08 Å². The first-order chi connectivity index (χ1) is 9.67. The number of nitrogens with zero attached hydrogens (tertiary/aromatic N) is 4. The van der Waals surface area contributed by atoms with Crippen LogP contribution in [0.5, 0.6) is 0 Å². The van der Waals surface area contributed by atoms with Crippen LogP contribution in [0.4, 0.5) is 0 Å². The highest BCUT2D eigenvalue weighted by Gasteiger charge is 2.04. The van der Waals surface area contributed by atoms with Crippen LogP contribution in [0.3, 0.4) is 0 Å². The molecule has 0 unspecified atom stereocenters. The molecule has 0 aromatic carbocycles. The van der Waals surface area contributed by atoms with Crippen molar-refractivity contribution < 1.29 is 0 Å². The number of unbranched alkanes of at least 4 members (excludes halogenated alkanes) is 1. The number of aromatic nitrogens is 2. The summed E-state index contributed by atoms with van der Waals surface area (Å²) in [6, 6.07) is 0. The van der Waals surface area contributed by atoms with Crippen molar-refractivity contribution in [2.24, 2.45) is 4.99 Å². The van der Waals surface area contributed by atoms with Gasteiger partial charge in [0.25, 0.3) is 0 Å². The molecule has 0 bridgehead atoms. The Hall–Kier alpha value is -1.05. The standard InChI is InChI=1S/C15H27N5.HI/c1-5-7-8-10-19(4)15(16-6-2)17-9-11-20-13-14(3)12-18-20;/h5,12-13H,1,6-11H2,2-4H3,(H,16,17);1H. The van der Waals surface area contributed by atoms with Crippen LogP contribution < -0.4 is 5.32 Å². The third kappa shape index (κ3) is 8.08. The molecule has 1 aromatic rings. The van der Waals surface area contributed by atoms with E-state index in [2.05, 4.69) is 40.9 Å². The van der Waals surface area contributed by atoms with Crippen LogP contribution in [-0.2, 0) is 6.54 Å². The normalized spacial score (nSPS) is 10.9. The first-order valence-corrected chi connectivity index (χ1v) is 7.26. The summed E-state index contributed by atoms with van der Waals surface area (Å²) in [5.74, 6) is 0.959. The Morgan fingerprint density at radius 3 is 2.90 bits per heavy atom. The van der Waals surface area contributed by atoms with Gasteiger partial charge in [0.2, 0.25) is 0 Å². The third-order valence-corrected chi connectivity index (χ3v) is 2.95. The largest absolute Gasteiger partial charge is 0.357 e. The minimum Gasteiger partial charge on any atom is -0.357 e. The molecule has 6 heteroatoms. The molecule has 0 saturated carbocycles. The Balaban J connectivity index is 0.00000400. The van der Waals surface area contributed by atoms with Crippen molar-refractivity contribution in [1.29, 1.82) is 0 Å². The van der Waals surface area contributed by atoms with Gasteiger partial charge in [0.05, 0.1) is 19.3 Å². The average molecular weight is 405 g/mol. The molecule has 1 heterocycles. The second-order valence-electron chi connectivity index (χ2n) is 4.87. The predicted molar refractivity (Wildman–Crippen MR) is 100 cm³/mol. The lowest BCUT2D eigenvalue weighted by Gasteiger charge is -2.21. The summed E-state index contributed by atoms with van der Waals surface area (Å²) in [5.41, 5.74) is 1.18. The van der Waals surface area contributed by atoms with E-state index in [1.807, 2.05) is 30.1 Å². The molecule has 0 aliphatic heterocycles. The molecule has 0 amide bonds. The Bertz CT molecular complexity index is 427. The first-order valence-electron chi connectivity index (χ1n) is 7.26. The molecule has 1 rings (SSSR count). The summed E-state index contributed by atoms with van der Waals surface area (Å²) in [4.78, 5) is 6.81. The molecule has 120 valence electrons. The Kier molecular flexibility index (Phi) is 11.0. The maximum Gasteiger partial charge on any atom is 0.193 e. The summed E-state index contributed by atoms with van der Waals surface area (Å²) in [5, 5.41) is 7.59. The van der Waals surface area contributed by atoms with Crippen molar-refractivity contribution >= 4 is 29.9 Å². The average Bonchev–Trinajstić information content (AvgIpc) is 2.83.